The minimum absolute atomic E-state index is 0. The Morgan fingerprint density at radius 1 is 1.41 bits per heavy atom. The molecule has 0 unspecified atom stereocenters. The van der Waals surface area contributed by atoms with Crippen molar-refractivity contribution < 1.29 is 13.9 Å². The lowest BCUT2D eigenvalue weighted by Crippen LogP contribution is -2.34. The van der Waals surface area contributed by atoms with E-state index in [2.05, 4.69) is 10.6 Å². The van der Waals surface area contributed by atoms with E-state index in [1.54, 1.807) is 25.2 Å². The molecule has 0 bridgehead atoms. The summed E-state index contributed by atoms with van der Waals surface area (Å²) in [6, 6.07) is 6.16. The molecule has 0 aliphatic rings. The molecule has 0 saturated carbocycles. The molecule has 0 spiro atoms. The van der Waals surface area contributed by atoms with E-state index in [-0.39, 0.29) is 37.2 Å². The summed E-state index contributed by atoms with van der Waals surface area (Å²) in [6.07, 6.45) is 0. The Balaban J connectivity index is 0.00000256. The molecule has 0 aliphatic carbocycles. The number of likely N-dealkylation sites (N-methyl/N-ethyl adjacent to an activating group) is 1. The highest BCUT2D eigenvalue weighted by Crippen LogP contribution is 2.14. The number of para-hydroxylation sites is 1. The minimum atomic E-state index is -0.399. The van der Waals surface area contributed by atoms with Crippen molar-refractivity contribution >= 4 is 18.3 Å². The van der Waals surface area contributed by atoms with Gasteiger partial charge in [0.25, 0.3) is 0 Å². The van der Waals surface area contributed by atoms with Gasteiger partial charge in [-0.15, -0.1) is 12.4 Å². The summed E-state index contributed by atoms with van der Waals surface area (Å²) in [7, 11) is 1.69. The number of carbonyl (C=O) groups excluding carboxylic acids is 1. The number of ether oxygens (including phenoxy) is 1. The molecule has 0 aromatic heterocycles. The predicted octanol–water partition coefficient (Wildman–Crippen LogP) is 0.962. The van der Waals surface area contributed by atoms with Crippen LogP contribution in [0.2, 0.25) is 0 Å². The fourth-order valence-corrected chi connectivity index (χ4v) is 1.14. The van der Waals surface area contributed by atoms with Crippen molar-refractivity contribution in [3.05, 3.63) is 30.1 Å². The van der Waals surface area contributed by atoms with Gasteiger partial charge in [-0.1, -0.05) is 12.1 Å². The Morgan fingerprint density at radius 3 is 2.76 bits per heavy atom. The van der Waals surface area contributed by atoms with E-state index in [1.165, 1.54) is 6.07 Å². The van der Waals surface area contributed by atoms with Gasteiger partial charge in [0.05, 0.1) is 13.1 Å². The predicted molar refractivity (Wildman–Crippen MR) is 66.1 cm³/mol. The molecule has 1 aromatic rings. The lowest BCUT2D eigenvalue weighted by molar-refractivity contribution is -0.120. The quantitative estimate of drug-likeness (QED) is 0.751. The normalized spacial score (nSPS) is 9.29. The second-order valence-corrected chi connectivity index (χ2v) is 3.16. The Morgan fingerprint density at radius 2 is 2.12 bits per heavy atom. The van der Waals surface area contributed by atoms with E-state index in [9.17, 15) is 9.18 Å². The maximum absolute atomic E-state index is 13.1. The number of hydrogen-bond donors (Lipinski definition) is 2. The number of nitrogens with one attached hydrogen (secondary N) is 2. The van der Waals surface area contributed by atoms with Gasteiger partial charge in [0.15, 0.2) is 11.6 Å². The molecule has 0 atom stereocenters. The fraction of sp³-hybridized carbons (Fsp3) is 0.364. The molecule has 1 aromatic carbocycles. The van der Waals surface area contributed by atoms with Crippen LogP contribution in [0, 0.1) is 5.82 Å². The molecule has 4 nitrogen and oxygen atoms in total. The van der Waals surface area contributed by atoms with Crippen molar-refractivity contribution in [3.63, 3.8) is 0 Å². The van der Waals surface area contributed by atoms with Gasteiger partial charge in [-0.25, -0.2) is 4.39 Å². The van der Waals surface area contributed by atoms with Crippen LogP contribution < -0.4 is 15.4 Å². The van der Waals surface area contributed by atoms with Gasteiger partial charge in [-0.2, -0.15) is 0 Å². The number of benzene rings is 1. The highest BCUT2D eigenvalue weighted by molar-refractivity contribution is 5.85. The summed E-state index contributed by atoms with van der Waals surface area (Å²) in [5.74, 6) is -0.311. The third-order valence-corrected chi connectivity index (χ3v) is 1.86. The smallest absolute Gasteiger partial charge is 0.234 e. The molecule has 17 heavy (non-hydrogen) atoms. The minimum Gasteiger partial charge on any atom is -0.489 e. The largest absolute Gasteiger partial charge is 0.489 e. The number of carbonyl (C=O) groups is 1. The second-order valence-electron chi connectivity index (χ2n) is 3.16. The van der Waals surface area contributed by atoms with Crippen LogP contribution in [0.15, 0.2) is 24.3 Å². The van der Waals surface area contributed by atoms with Gasteiger partial charge in [0.2, 0.25) is 5.91 Å². The van der Waals surface area contributed by atoms with Crippen LogP contribution in [0.4, 0.5) is 4.39 Å². The second kappa shape index (κ2) is 8.78. The SMILES string of the molecule is CNCC(=O)NCCOc1ccccc1F.Cl. The van der Waals surface area contributed by atoms with Gasteiger partial charge in [-0.05, 0) is 19.2 Å². The number of rotatable bonds is 6. The van der Waals surface area contributed by atoms with E-state index < -0.39 is 5.82 Å². The topological polar surface area (TPSA) is 50.4 Å². The molecule has 1 amide bonds. The first-order valence-electron chi connectivity index (χ1n) is 5.02. The van der Waals surface area contributed by atoms with Crippen LogP contribution in [-0.2, 0) is 4.79 Å². The average Bonchev–Trinajstić information content (AvgIpc) is 2.27. The Bertz CT molecular complexity index is 350. The molecule has 0 saturated heterocycles. The standard InChI is InChI=1S/C11H15FN2O2.ClH/c1-13-8-11(15)14-6-7-16-10-5-3-2-4-9(10)12;/h2-5,13H,6-8H2,1H3,(H,14,15);1H. The Hall–Kier alpha value is -1.33. The molecule has 6 heteroatoms. The van der Waals surface area contributed by atoms with Crippen molar-refractivity contribution in [1.82, 2.24) is 10.6 Å². The number of amides is 1. The van der Waals surface area contributed by atoms with Crippen LogP contribution in [0.25, 0.3) is 0 Å². The van der Waals surface area contributed by atoms with Crippen molar-refractivity contribution in [2.45, 2.75) is 0 Å². The highest BCUT2D eigenvalue weighted by Gasteiger charge is 2.01. The van der Waals surface area contributed by atoms with E-state index >= 15 is 0 Å². The van der Waals surface area contributed by atoms with Crippen molar-refractivity contribution in [1.29, 1.82) is 0 Å². The van der Waals surface area contributed by atoms with Gasteiger partial charge >= 0.3 is 0 Å². The highest BCUT2D eigenvalue weighted by atomic mass is 35.5. The third kappa shape index (κ3) is 6.09. The van der Waals surface area contributed by atoms with Crippen LogP contribution in [-0.4, -0.2) is 32.7 Å². The maximum Gasteiger partial charge on any atom is 0.234 e. The first kappa shape index (κ1) is 15.7. The number of hydrogen-bond acceptors (Lipinski definition) is 3. The molecule has 0 fully saturated rings. The molecule has 0 aliphatic heterocycles. The Labute approximate surface area is 106 Å². The Kier molecular flexibility index (Phi) is 8.09. The first-order chi connectivity index (χ1) is 7.74. The average molecular weight is 263 g/mol. The van der Waals surface area contributed by atoms with Gasteiger partial charge in [0.1, 0.15) is 6.61 Å². The van der Waals surface area contributed by atoms with Gasteiger partial charge in [-0.3, -0.25) is 4.79 Å². The monoisotopic (exact) mass is 262 g/mol. The van der Waals surface area contributed by atoms with Crippen molar-refractivity contribution in [2.75, 3.05) is 26.7 Å². The summed E-state index contributed by atoms with van der Waals surface area (Å²) in [5, 5.41) is 5.35. The van der Waals surface area contributed by atoms with E-state index in [4.69, 9.17) is 4.74 Å². The van der Waals surface area contributed by atoms with Gasteiger partial charge < -0.3 is 15.4 Å². The molecule has 96 valence electrons. The van der Waals surface area contributed by atoms with Gasteiger partial charge in [0, 0.05) is 0 Å². The molecule has 0 heterocycles. The summed E-state index contributed by atoms with van der Waals surface area (Å²) in [6.45, 7) is 0.866. The molecule has 0 radical (unpaired) electrons. The van der Waals surface area contributed by atoms with Crippen LogP contribution in [0.3, 0.4) is 0 Å². The summed E-state index contributed by atoms with van der Waals surface area (Å²) in [4.78, 5) is 11.0. The van der Waals surface area contributed by atoms with E-state index in [0.29, 0.717) is 6.54 Å². The summed E-state index contributed by atoms with van der Waals surface area (Å²) in [5.41, 5.74) is 0. The maximum atomic E-state index is 13.1. The molecular weight excluding hydrogens is 247 g/mol. The summed E-state index contributed by atoms with van der Waals surface area (Å²) >= 11 is 0. The van der Waals surface area contributed by atoms with Crippen molar-refractivity contribution in [3.8, 4) is 5.75 Å². The first-order valence-corrected chi connectivity index (χ1v) is 5.02. The molecular formula is C11H16ClFN2O2. The summed E-state index contributed by atoms with van der Waals surface area (Å²) < 4.78 is 18.2. The van der Waals surface area contributed by atoms with Crippen molar-refractivity contribution in [2.24, 2.45) is 0 Å². The number of halogens is 2. The zero-order valence-electron chi connectivity index (χ0n) is 9.53. The van der Waals surface area contributed by atoms with Crippen LogP contribution in [0.5, 0.6) is 5.75 Å². The molecule has 1 rings (SSSR count). The third-order valence-electron chi connectivity index (χ3n) is 1.86. The van der Waals surface area contributed by atoms with E-state index in [1.807, 2.05) is 0 Å². The zero-order valence-corrected chi connectivity index (χ0v) is 10.3. The van der Waals surface area contributed by atoms with E-state index in [0.717, 1.165) is 0 Å². The molecule has 2 N–H and O–H groups in total. The lowest BCUT2D eigenvalue weighted by atomic mass is 10.3. The lowest BCUT2D eigenvalue weighted by Gasteiger charge is -2.07. The van der Waals surface area contributed by atoms with Crippen LogP contribution in [0.1, 0.15) is 0 Å². The van der Waals surface area contributed by atoms with Crippen LogP contribution >= 0.6 is 12.4 Å². The fourth-order valence-electron chi connectivity index (χ4n) is 1.14. The zero-order chi connectivity index (χ0) is 11.8.